The fourth-order valence-corrected chi connectivity index (χ4v) is 2.35. The van der Waals surface area contributed by atoms with Crippen LogP contribution in [-0.2, 0) is 4.74 Å². The zero-order valence-electron chi connectivity index (χ0n) is 14.3. The van der Waals surface area contributed by atoms with Gasteiger partial charge >= 0.3 is 0 Å². The van der Waals surface area contributed by atoms with E-state index in [1.165, 1.54) is 0 Å². The van der Waals surface area contributed by atoms with Gasteiger partial charge in [-0.3, -0.25) is 0 Å². The third kappa shape index (κ3) is 4.98. The van der Waals surface area contributed by atoms with Crippen molar-refractivity contribution >= 4 is 0 Å². The standard InChI is InChI=1S/C19H25NO3/c1-20(2)11-12-23-19(15-7-5-9-17(13-15)21-3)16-8-6-10-18(14-16)22-4/h5-10,13-14,19H,11-12H2,1-4H3. The summed E-state index contributed by atoms with van der Waals surface area (Å²) in [4.78, 5) is 2.11. The Kier molecular flexibility index (Phi) is 6.44. The summed E-state index contributed by atoms with van der Waals surface area (Å²) in [5.74, 6) is 1.65. The van der Waals surface area contributed by atoms with Crippen LogP contribution < -0.4 is 9.47 Å². The molecule has 0 saturated carbocycles. The lowest BCUT2D eigenvalue weighted by atomic mass is 10.0. The molecule has 0 aromatic heterocycles. The van der Waals surface area contributed by atoms with E-state index in [9.17, 15) is 0 Å². The molecule has 2 aromatic rings. The molecule has 0 bridgehead atoms. The van der Waals surface area contributed by atoms with Crippen molar-refractivity contribution in [3.05, 3.63) is 59.7 Å². The van der Waals surface area contributed by atoms with E-state index in [0.717, 1.165) is 29.2 Å². The van der Waals surface area contributed by atoms with E-state index in [4.69, 9.17) is 14.2 Å². The lowest BCUT2D eigenvalue weighted by Crippen LogP contribution is -2.20. The van der Waals surface area contributed by atoms with Gasteiger partial charge in [-0.15, -0.1) is 0 Å². The summed E-state index contributed by atoms with van der Waals surface area (Å²) in [6.45, 7) is 1.51. The van der Waals surface area contributed by atoms with Gasteiger partial charge in [0.2, 0.25) is 0 Å². The van der Waals surface area contributed by atoms with Crippen molar-refractivity contribution in [2.75, 3.05) is 41.5 Å². The van der Waals surface area contributed by atoms with Crippen LogP contribution in [-0.4, -0.2) is 46.4 Å². The summed E-state index contributed by atoms with van der Waals surface area (Å²) in [6, 6.07) is 16.0. The maximum Gasteiger partial charge on any atom is 0.119 e. The van der Waals surface area contributed by atoms with Crippen LogP contribution in [0.5, 0.6) is 11.5 Å². The molecule has 0 saturated heterocycles. The second kappa shape index (κ2) is 8.56. The molecule has 0 spiro atoms. The van der Waals surface area contributed by atoms with Crippen LogP contribution in [0.1, 0.15) is 17.2 Å². The second-order valence-corrected chi connectivity index (χ2v) is 5.61. The highest BCUT2D eigenvalue weighted by atomic mass is 16.5. The Morgan fingerprint density at radius 3 is 1.83 bits per heavy atom. The Hall–Kier alpha value is -2.04. The van der Waals surface area contributed by atoms with E-state index in [1.807, 2.05) is 50.5 Å². The van der Waals surface area contributed by atoms with E-state index < -0.39 is 0 Å². The topological polar surface area (TPSA) is 30.9 Å². The number of methoxy groups -OCH3 is 2. The van der Waals surface area contributed by atoms with Gasteiger partial charge in [0.1, 0.15) is 17.6 Å². The van der Waals surface area contributed by atoms with Gasteiger partial charge in [0, 0.05) is 6.54 Å². The number of ether oxygens (including phenoxy) is 3. The smallest absolute Gasteiger partial charge is 0.119 e. The molecule has 124 valence electrons. The summed E-state index contributed by atoms with van der Waals surface area (Å²) >= 11 is 0. The molecular weight excluding hydrogens is 290 g/mol. The molecule has 4 heteroatoms. The fourth-order valence-electron chi connectivity index (χ4n) is 2.35. The van der Waals surface area contributed by atoms with E-state index >= 15 is 0 Å². The third-order valence-electron chi connectivity index (χ3n) is 3.62. The molecule has 0 N–H and O–H groups in total. The van der Waals surface area contributed by atoms with Crippen LogP contribution in [0.3, 0.4) is 0 Å². The van der Waals surface area contributed by atoms with Crippen LogP contribution in [0.15, 0.2) is 48.5 Å². The van der Waals surface area contributed by atoms with Crippen LogP contribution in [0.25, 0.3) is 0 Å². The van der Waals surface area contributed by atoms with Gasteiger partial charge in [0.15, 0.2) is 0 Å². The van der Waals surface area contributed by atoms with Crippen LogP contribution in [0.2, 0.25) is 0 Å². The number of hydrogen-bond donors (Lipinski definition) is 0. The largest absolute Gasteiger partial charge is 0.497 e. The minimum absolute atomic E-state index is 0.153. The van der Waals surface area contributed by atoms with E-state index in [1.54, 1.807) is 14.2 Å². The predicted molar refractivity (Wildman–Crippen MR) is 92.3 cm³/mol. The van der Waals surface area contributed by atoms with Gasteiger partial charge in [0.25, 0.3) is 0 Å². The highest BCUT2D eigenvalue weighted by Gasteiger charge is 2.16. The predicted octanol–water partition coefficient (Wildman–Crippen LogP) is 3.37. The van der Waals surface area contributed by atoms with Crippen LogP contribution in [0.4, 0.5) is 0 Å². The summed E-state index contributed by atoms with van der Waals surface area (Å²) in [5.41, 5.74) is 2.13. The Balaban J connectivity index is 2.29. The van der Waals surface area contributed by atoms with Crippen molar-refractivity contribution < 1.29 is 14.2 Å². The number of likely N-dealkylation sites (N-methyl/N-ethyl adjacent to an activating group) is 1. The molecule has 0 aliphatic heterocycles. The van der Waals surface area contributed by atoms with Crippen molar-refractivity contribution in [3.8, 4) is 11.5 Å². The lowest BCUT2D eigenvalue weighted by molar-refractivity contribution is 0.0684. The molecule has 2 aromatic carbocycles. The Morgan fingerprint density at radius 1 is 0.870 bits per heavy atom. The molecule has 0 unspecified atom stereocenters. The third-order valence-corrected chi connectivity index (χ3v) is 3.62. The summed E-state index contributed by atoms with van der Waals surface area (Å²) < 4.78 is 16.9. The van der Waals surface area contributed by atoms with E-state index in [2.05, 4.69) is 17.0 Å². The van der Waals surface area contributed by atoms with Gasteiger partial charge < -0.3 is 19.1 Å². The first-order valence-corrected chi connectivity index (χ1v) is 7.68. The first kappa shape index (κ1) is 17.3. The van der Waals surface area contributed by atoms with Crippen molar-refractivity contribution in [3.63, 3.8) is 0 Å². The van der Waals surface area contributed by atoms with E-state index in [0.29, 0.717) is 6.61 Å². The van der Waals surface area contributed by atoms with Crippen molar-refractivity contribution in [1.82, 2.24) is 4.90 Å². The summed E-state index contributed by atoms with van der Waals surface area (Å²) in [5, 5.41) is 0. The maximum absolute atomic E-state index is 6.17. The molecule has 2 rings (SSSR count). The normalized spacial score (nSPS) is 11.0. The summed E-state index contributed by atoms with van der Waals surface area (Å²) in [7, 11) is 7.42. The average molecular weight is 315 g/mol. The van der Waals surface area contributed by atoms with Crippen molar-refractivity contribution in [1.29, 1.82) is 0 Å². The number of rotatable bonds is 8. The molecule has 0 fully saturated rings. The Labute approximate surface area is 138 Å². The minimum atomic E-state index is -0.153. The Morgan fingerprint density at radius 2 is 1.39 bits per heavy atom. The highest BCUT2D eigenvalue weighted by molar-refractivity contribution is 5.38. The molecule has 0 aliphatic rings. The molecule has 0 atom stereocenters. The van der Waals surface area contributed by atoms with Gasteiger partial charge in [-0.2, -0.15) is 0 Å². The monoisotopic (exact) mass is 315 g/mol. The van der Waals surface area contributed by atoms with Gasteiger partial charge in [-0.25, -0.2) is 0 Å². The number of nitrogens with zero attached hydrogens (tertiary/aromatic N) is 1. The number of benzene rings is 2. The molecule has 0 heterocycles. The zero-order valence-corrected chi connectivity index (χ0v) is 14.3. The fraction of sp³-hybridized carbons (Fsp3) is 0.368. The molecule has 4 nitrogen and oxygen atoms in total. The number of hydrogen-bond acceptors (Lipinski definition) is 4. The SMILES string of the molecule is COc1cccc(C(OCCN(C)C)c2cccc(OC)c2)c1. The molecule has 0 amide bonds. The quantitative estimate of drug-likeness (QED) is 0.747. The molecule has 23 heavy (non-hydrogen) atoms. The van der Waals surface area contributed by atoms with Crippen molar-refractivity contribution in [2.24, 2.45) is 0 Å². The lowest BCUT2D eigenvalue weighted by Gasteiger charge is -2.21. The highest BCUT2D eigenvalue weighted by Crippen LogP contribution is 2.30. The van der Waals surface area contributed by atoms with Gasteiger partial charge in [-0.05, 0) is 49.5 Å². The second-order valence-electron chi connectivity index (χ2n) is 5.61. The minimum Gasteiger partial charge on any atom is -0.497 e. The first-order valence-electron chi connectivity index (χ1n) is 7.68. The van der Waals surface area contributed by atoms with Gasteiger partial charge in [0.05, 0.1) is 20.8 Å². The molecule has 0 radical (unpaired) electrons. The van der Waals surface area contributed by atoms with Crippen molar-refractivity contribution in [2.45, 2.75) is 6.10 Å². The van der Waals surface area contributed by atoms with E-state index in [-0.39, 0.29) is 6.10 Å². The maximum atomic E-state index is 6.17. The van der Waals surface area contributed by atoms with Crippen LogP contribution >= 0.6 is 0 Å². The Bertz CT molecular complexity index is 566. The summed E-state index contributed by atoms with van der Waals surface area (Å²) in [6.07, 6.45) is -0.153. The molecular formula is C19H25NO3. The first-order chi connectivity index (χ1) is 11.1. The van der Waals surface area contributed by atoms with Gasteiger partial charge in [-0.1, -0.05) is 24.3 Å². The van der Waals surface area contributed by atoms with Crippen LogP contribution in [0, 0.1) is 0 Å². The zero-order chi connectivity index (χ0) is 16.7. The average Bonchev–Trinajstić information content (AvgIpc) is 2.58. The molecule has 0 aliphatic carbocycles.